The minimum Gasteiger partial charge on any atom is -0.207 e. The molecule has 1 rings (SSSR count). The highest BCUT2D eigenvalue weighted by Crippen LogP contribution is 2.30. The first-order chi connectivity index (χ1) is 6.79. The van der Waals surface area contributed by atoms with Crippen molar-refractivity contribution >= 4 is 11.8 Å². The monoisotopic (exact) mass is 242 g/mol. The molecule has 0 aliphatic rings. The predicted octanol–water partition coefficient (Wildman–Crippen LogP) is 3.93. The van der Waals surface area contributed by atoms with Crippen molar-refractivity contribution in [1.82, 2.24) is 0 Å². The van der Waals surface area contributed by atoms with Crippen LogP contribution in [0.5, 0.6) is 0 Å². The van der Waals surface area contributed by atoms with Gasteiger partial charge in [0.2, 0.25) is 0 Å². The molecule has 0 amide bonds. The second kappa shape index (κ2) is 4.38. The third-order valence-corrected chi connectivity index (χ3v) is 2.70. The first-order valence-corrected chi connectivity index (χ1v) is 4.93. The van der Waals surface area contributed by atoms with Gasteiger partial charge in [0.25, 0.3) is 0 Å². The quantitative estimate of drug-likeness (QED) is 0.559. The van der Waals surface area contributed by atoms with Crippen LogP contribution in [0.25, 0.3) is 0 Å². The van der Waals surface area contributed by atoms with E-state index in [1.165, 1.54) is 6.92 Å². The minimum atomic E-state index is -4.36. The van der Waals surface area contributed by atoms with Crippen LogP contribution in [-0.4, -0.2) is 11.9 Å². The molecule has 0 fully saturated rings. The van der Waals surface area contributed by atoms with Crippen molar-refractivity contribution < 1.29 is 22.0 Å². The maximum absolute atomic E-state index is 13.0. The van der Waals surface area contributed by atoms with Gasteiger partial charge in [-0.25, -0.2) is 8.78 Å². The molecule has 0 aliphatic heterocycles. The molecule has 0 unspecified atom stereocenters. The number of hydrogen-bond donors (Lipinski definition) is 0. The Kier molecular flexibility index (Phi) is 3.59. The Balaban J connectivity index is 2.82. The zero-order valence-corrected chi connectivity index (χ0v) is 8.48. The van der Waals surface area contributed by atoms with Crippen molar-refractivity contribution in [3.63, 3.8) is 0 Å². The third-order valence-electron chi connectivity index (χ3n) is 1.60. The molecule has 15 heavy (non-hydrogen) atoms. The number of thioether (sulfide) groups is 1. The largest absolute Gasteiger partial charge is 0.398 e. The maximum Gasteiger partial charge on any atom is 0.398 e. The van der Waals surface area contributed by atoms with Crippen molar-refractivity contribution in [2.24, 2.45) is 0 Å². The van der Waals surface area contributed by atoms with Crippen LogP contribution in [-0.2, 0) is 0 Å². The fourth-order valence-electron chi connectivity index (χ4n) is 0.901. The van der Waals surface area contributed by atoms with E-state index < -0.39 is 23.6 Å². The van der Waals surface area contributed by atoms with Gasteiger partial charge in [-0.3, -0.25) is 0 Å². The van der Waals surface area contributed by atoms with Gasteiger partial charge in [0, 0.05) is 11.0 Å². The molecule has 0 saturated carbocycles. The second-order valence-corrected chi connectivity index (χ2v) is 3.95. The first kappa shape index (κ1) is 12.3. The summed E-state index contributed by atoms with van der Waals surface area (Å²) in [4.78, 5) is -0.189. The number of rotatable bonds is 2. The molecule has 6 heteroatoms. The first-order valence-electron chi connectivity index (χ1n) is 3.95. The lowest BCUT2D eigenvalue weighted by atomic mass is 10.2. The summed E-state index contributed by atoms with van der Waals surface area (Å²) >= 11 is 0.310. The van der Waals surface area contributed by atoms with Gasteiger partial charge in [-0.15, -0.1) is 11.8 Å². The Morgan fingerprint density at radius 1 is 1.13 bits per heavy atom. The zero-order valence-electron chi connectivity index (χ0n) is 7.66. The minimum absolute atomic E-state index is 0.126. The van der Waals surface area contributed by atoms with Crippen LogP contribution in [0.15, 0.2) is 17.0 Å². The van der Waals surface area contributed by atoms with Gasteiger partial charge >= 0.3 is 6.18 Å². The molecule has 0 atom stereocenters. The van der Waals surface area contributed by atoms with Crippen LogP contribution >= 0.6 is 11.8 Å². The zero-order chi connectivity index (χ0) is 11.6. The average Bonchev–Trinajstić information content (AvgIpc) is 2.07. The highest BCUT2D eigenvalue weighted by molar-refractivity contribution is 7.99. The molecule has 84 valence electrons. The van der Waals surface area contributed by atoms with E-state index >= 15 is 0 Å². The van der Waals surface area contributed by atoms with Crippen molar-refractivity contribution in [1.29, 1.82) is 0 Å². The Morgan fingerprint density at radius 3 is 2.27 bits per heavy atom. The lowest BCUT2D eigenvalue weighted by Crippen LogP contribution is -2.10. The highest BCUT2D eigenvalue weighted by Gasteiger charge is 2.27. The molecule has 1 aromatic carbocycles. The van der Waals surface area contributed by atoms with Crippen LogP contribution in [0.1, 0.15) is 5.56 Å². The summed E-state index contributed by atoms with van der Waals surface area (Å²) in [6, 6.07) is 1.66. The van der Waals surface area contributed by atoms with E-state index in [2.05, 4.69) is 0 Å². The van der Waals surface area contributed by atoms with Crippen molar-refractivity contribution in [2.75, 3.05) is 5.75 Å². The number of hydrogen-bond acceptors (Lipinski definition) is 1. The van der Waals surface area contributed by atoms with E-state index in [1.807, 2.05) is 0 Å². The summed E-state index contributed by atoms with van der Waals surface area (Å²) in [5, 5.41) is 0. The van der Waals surface area contributed by atoms with E-state index in [4.69, 9.17) is 0 Å². The number of benzene rings is 1. The maximum atomic E-state index is 13.0. The molecular weight excluding hydrogens is 235 g/mol. The molecule has 0 nitrogen and oxygen atoms in total. The van der Waals surface area contributed by atoms with E-state index in [-0.39, 0.29) is 10.5 Å². The van der Waals surface area contributed by atoms with Crippen LogP contribution in [0.3, 0.4) is 0 Å². The van der Waals surface area contributed by atoms with Gasteiger partial charge < -0.3 is 0 Å². The standard InChI is InChI=1S/C9H7F5S/c1-5-2-8(7(11)3-6(5)10)15-4-9(12,13)14/h2-3H,4H2,1H3. The molecule has 0 saturated heterocycles. The molecule has 0 N–H and O–H groups in total. The van der Waals surface area contributed by atoms with Gasteiger partial charge in [0.1, 0.15) is 11.6 Å². The van der Waals surface area contributed by atoms with Crippen LogP contribution in [0.2, 0.25) is 0 Å². The molecule has 0 aromatic heterocycles. The van der Waals surface area contributed by atoms with Gasteiger partial charge in [-0.05, 0) is 18.6 Å². The van der Waals surface area contributed by atoms with Gasteiger partial charge in [0.15, 0.2) is 0 Å². The predicted molar refractivity (Wildman–Crippen MR) is 47.9 cm³/mol. The lowest BCUT2D eigenvalue weighted by Gasteiger charge is -2.07. The molecule has 0 bridgehead atoms. The Morgan fingerprint density at radius 2 is 1.73 bits per heavy atom. The van der Waals surface area contributed by atoms with E-state index in [0.717, 1.165) is 6.07 Å². The van der Waals surface area contributed by atoms with E-state index in [1.54, 1.807) is 0 Å². The summed E-state index contributed by atoms with van der Waals surface area (Å²) in [5.74, 6) is -2.91. The smallest absolute Gasteiger partial charge is 0.207 e. The molecule has 0 spiro atoms. The van der Waals surface area contributed by atoms with Crippen LogP contribution in [0.4, 0.5) is 22.0 Å². The SMILES string of the molecule is Cc1cc(SCC(F)(F)F)c(F)cc1F. The molecule has 0 heterocycles. The number of halogens is 5. The third kappa shape index (κ3) is 3.70. The lowest BCUT2D eigenvalue weighted by molar-refractivity contribution is -0.105. The Bertz CT molecular complexity index is 358. The molecule has 0 aliphatic carbocycles. The summed E-state index contributed by atoms with van der Waals surface area (Å²) in [5.41, 5.74) is 0.126. The highest BCUT2D eigenvalue weighted by atomic mass is 32.2. The molecule has 1 aromatic rings. The van der Waals surface area contributed by atoms with Crippen molar-refractivity contribution in [2.45, 2.75) is 18.0 Å². The summed E-state index contributed by atoms with van der Waals surface area (Å²) in [6.07, 6.45) is -4.36. The van der Waals surface area contributed by atoms with Gasteiger partial charge in [0.05, 0.1) is 5.75 Å². The Labute approximate surface area is 87.5 Å². The average molecular weight is 242 g/mol. The van der Waals surface area contributed by atoms with E-state index in [0.29, 0.717) is 17.8 Å². The topological polar surface area (TPSA) is 0 Å². The normalized spacial score (nSPS) is 11.9. The summed E-state index contributed by atoms with van der Waals surface area (Å²) in [7, 11) is 0. The molecule has 0 radical (unpaired) electrons. The second-order valence-electron chi connectivity index (χ2n) is 2.94. The van der Waals surface area contributed by atoms with Crippen molar-refractivity contribution in [3.8, 4) is 0 Å². The van der Waals surface area contributed by atoms with Crippen LogP contribution < -0.4 is 0 Å². The van der Waals surface area contributed by atoms with Gasteiger partial charge in [-0.2, -0.15) is 13.2 Å². The molecular formula is C9H7F5S. The summed E-state index contributed by atoms with van der Waals surface area (Å²) < 4.78 is 61.2. The fourth-order valence-corrected chi connectivity index (χ4v) is 1.68. The van der Waals surface area contributed by atoms with Crippen molar-refractivity contribution in [3.05, 3.63) is 29.3 Å². The Hall–Kier alpha value is -0.780. The number of alkyl halides is 3. The van der Waals surface area contributed by atoms with Gasteiger partial charge in [-0.1, -0.05) is 0 Å². The summed E-state index contributed by atoms with van der Waals surface area (Å²) in [6.45, 7) is 1.37. The van der Waals surface area contributed by atoms with Crippen LogP contribution in [0, 0.1) is 18.6 Å². The van der Waals surface area contributed by atoms with E-state index in [9.17, 15) is 22.0 Å². The fraction of sp³-hybridized carbons (Fsp3) is 0.333. The number of aryl methyl sites for hydroxylation is 1.